The molecule has 0 saturated heterocycles. The van der Waals surface area contributed by atoms with Gasteiger partial charge in [0.2, 0.25) is 0 Å². The van der Waals surface area contributed by atoms with Gasteiger partial charge in [0.1, 0.15) is 6.61 Å². The zero-order valence-corrected chi connectivity index (χ0v) is 8.11. The third-order valence-electron chi connectivity index (χ3n) is 1.89. The Morgan fingerprint density at radius 2 is 1.92 bits per heavy atom. The van der Waals surface area contributed by atoms with Crippen molar-refractivity contribution in [1.82, 2.24) is 5.32 Å². The van der Waals surface area contributed by atoms with E-state index in [0.29, 0.717) is 0 Å². The topological polar surface area (TPSA) is 21.3 Å². The Kier molecular flexibility index (Phi) is 5.32. The Bertz CT molecular complexity index is 134. The minimum atomic E-state index is -4.24. The molecule has 13 heavy (non-hydrogen) atoms. The van der Waals surface area contributed by atoms with Gasteiger partial charge in [0.05, 0.1) is 6.10 Å². The molecule has 0 rings (SSSR count). The van der Waals surface area contributed by atoms with E-state index in [1.165, 1.54) is 0 Å². The van der Waals surface area contributed by atoms with Crippen LogP contribution in [0.25, 0.3) is 0 Å². The molecule has 2 nitrogen and oxygen atoms in total. The molecular formula is C8H16F3NO. The fraction of sp³-hybridized carbons (Fsp3) is 1.00. The summed E-state index contributed by atoms with van der Waals surface area (Å²) in [5.74, 6) is 0. The second-order valence-electron chi connectivity index (χ2n) is 2.93. The summed E-state index contributed by atoms with van der Waals surface area (Å²) < 4.78 is 39.9. The smallest absolute Gasteiger partial charge is 0.367 e. The van der Waals surface area contributed by atoms with Gasteiger partial charge >= 0.3 is 6.18 Å². The maximum absolute atomic E-state index is 11.7. The van der Waals surface area contributed by atoms with Gasteiger partial charge in [-0.05, 0) is 20.4 Å². The van der Waals surface area contributed by atoms with E-state index in [1.807, 2.05) is 6.92 Å². The molecule has 0 aliphatic heterocycles. The molecule has 0 heterocycles. The minimum Gasteiger partial charge on any atom is -0.367 e. The fourth-order valence-corrected chi connectivity index (χ4v) is 1.11. The van der Waals surface area contributed by atoms with E-state index in [4.69, 9.17) is 0 Å². The predicted molar refractivity (Wildman–Crippen MR) is 44.6 cm³/mol. The van der Waals surface area contributed by atoms with E-state index in [1.54, 1.807) is 14.0 Å². The van der Waals surface area contributed by atoms with Crippen LogP contribution in [0.3, 0.4) is 0 Å². The van der Waals surface area contributed by atoms with Crippen LogP contribution in [0.15, 0.2) is 0 Å². The van der Waals surface area contributed by atoms with Crippen LogP contribution in [0, 0.1) is 0 Å². The third kappa shape index (κ3) is 5.87. The molecule has 0 amide bonds. The van der Waals surface area contributed by atoms with Gasteiger partial charge in [-0.3, -0.25) is 0 Å². The minimum absolute atomic E-state index is 0.0256. The van der Waals surface area contributed by atoms with Gasteiger partial charge in [0.25, 0.3) is 0 Å². The molecule has 0 aliphatic carbocycles. The van der Waals surface area contributed by atoms with Crippen LogP contribution in [0.1, 0.15) is 20.3 Å². The molecule has 0 aromatic carbocycles. The van der Waals surface area contributed by atoms with Crippen molar-refractivity contribution in [2.24, 2.45) is 0 Å². The Balaban J connectivity index is 3.78. The lowest BCUT2D eigenvalue weighted by atomic mass is 10.1. The molecular weight excluding hydrogens is 183 g/mol. The summed E-state index contributed by atoms with van der Waals surface area (Å²) in [4.78, 5) is 0. The highest BCUT2D eigenvalue weighted by molar-refractivity contribution is 4.70. The Labute approximate surface area is 76.5 Å². The van der Waals surface area contributed by atoms with Crippen LogP contribution < -0.4 is 5.32 Å². The zero-order valence-electron chi connectivity index (χ0n) is 8.11. The van der Waals surface area contributed by atoms with E-state index < -0.39 is 18.9 Å². The first-order valence-electron chi connectivity index (χ1n) is 4.26. The van der Waals surface area contributed by atoms with Crippen LogP contribution in [0.2, 0.25) is 0 Å². The van der Waals surface area contributed by atoms with E-state index in [9.17, 15) is 13.2 Å². The highest BCUT2D eigenvalue weighted by Gasteiger charge is 2.29. The van der Waals surface area contributed by atoms with Crippen molar-refractivity contribution >= 4 is 0 Å². The van der Waals surface area contributed by atoms with Crippen molar-refractivity contribution in [3.63, 3.8) is 0 Å². The van der Waals surface area contributed by atoms with Crippen molar-refractivity contribution in [3.8, 4) is 0 Å². The maximum atomic E-state index is 11.7. The van der Waals surface area contributed by atoms with Crippen LogP contribution in [-0.4, -0.2) is 32.0 Å². The number of alkyl halides is 3. The third-order valence-corrected chi connectivity index (χ3v) is 1.89. The molecule has 0 aromatic heterocycles. The second kappa shape index (κ2) is 5.44. The molecule has 2 unspecified atom stereocenters. The Morgan fingerprint density at radius 3 is 2.23 bits per heavy atom. The standard InChI is InChI=1S/C8H16F3NO/c1-4-7(12-3)6(2)13-5-8(9,10)11/h6-7,12H,4-5H2,1-3H3. The summed E-state index contributed by atoms with van der Waals surface area (Å²) in [5.41, 5.74) is 0. The predicted octanol–water partition coefficient (Wildman–Crippen LogP) is 1.95. The Morgan fingerprint density at radius 1 is 1.38 bits per heavy atom. The fourth-order valence-electron chi connectivity index (χ4n) is 1.11. The van der Waals surface area contributed by atoms with Crippen molar-refractivity contribution in [2.75, 3.05) is 13.7 Å². The number of nitrogens with one attached hydrogen (secondary N) is 1. The summed E-state index contributed by atoms with van der Waals surface area (Å²) in [6, 6.07) is -0.0256. The molecule has 80 valence electrons. The normalized spacial score (nSPS) is 17.1. The lowest BCUT2D eigenvalue weighted by Crippen LogP contribution is -2.38. The number of hydrogen-bond donors (Lipinski definition) is 1. The summed E-state index contributed by atoms with van der Waals surface area (Å²) >= 11 is 0. The van der Waals surface area contributed by atoms with Crippen LogP contribution in [-0.2, 0) is 4.74 Å². The Hall–Kier alpha value is -0.290. The molecule has 0 saturated carbocycles. The summed E-state index contributed by atoms with van der Waals surface area (Å²) in [5, 5.41) is 2.90. The first-order chi connectivity index (χ1) is 5.90. The SMILES string of the molecule is CCC(NC)C(C)OCC(F)(F)F. The van der Waals surface area contributed by atoms with Crippen molar-refractivity contribution in [2.45, 2.75) is 38.6 Å². The molecule has 5 heteroatoms. The molecule has 0 bridgehead atoms. The largest absolute Gasteiger partial charge is 0.411 e. The maximum Gasteiger partial charge on any atom is 0.411 e. The number of ether oxygens (including phenoxy) is 1. The molecule has 2 atom stereocenters. The van der Waals surface area contributed by atoms with Gasteiger partial charge in [-0.2, -0.15) is 13.2 Å². The molecule has 0 aliphatic rings. The van der Waals surface area contributed by atoms with Gasteiger partial charge in [-0.1, -0.05) is 6.92 Å². The molecule has 0 fully saturated rings. The number of hydrogen-bond acceptors (Lipinski definition) is 2. The van der Waals surface area contributed by atoms with Crippen LogP contribution >= 0.6 is 0 Å². The van der Waals surface area contributed by atoms with E-state index in [0.717, 1.165) is 6.42 Å². The van der Waals surface area contributed by atoms with Crippen LogP contribution in [0.5, 0.6) is 0 Å². The molecule has 1 N–H and O–H groups in total. The van der Waals surface area contributed by atoms with Gasteiger partial charge in [0.15, 0.2) is 0 Å². The summed E-state index contributed by atoms with van der Waals surface area (Å²) in [6.07, 6.45) is -3.91. The second-order valence-corrected chi connectivity index (χ2v) is 2.93. The first kappa shape index (κ1) is 12.7. The number of rotatable bonds is 5. The average molecular weight is 199 g/mol. The van der Waals surface area contributed by atoms with Crippen molar-refractivity contribution < 1.29 is 17.9 Å². The zero-order chi connectivity index (χ0) is 10.5. The van der Waals surface area contributed by atoms with E-state index >= 15 is 0 Å². The van der Waals surface area contributed by atoms with Gasteiger partial charge < -0.3 is 10.1 Å². The highest BCUT2D eigenvalue weighted by Crippen LogP contribution is 2.16. The van der Waals surface area contributed by atoms with Gasteiger partial charge in [-0.15, -0.1) is 0 Å². The van der Waals surface area contributed by atoms with Crippen molar-refractivity contribution in [3.05, 3.63) is 0 Å². The number of halogens is 3. The first-order valence-corrected chi connectivity index (χ1v) is 4.26. The quantitative estimate of drug-likeness (QED) is 0.730. The van der Waals surface area contributed by atoms with Crippen LogP contribution in [0.4, 0.5) is 13.2 Å². The van der Waals surface area contributed by atoms with Gasteiger partial charge in [-0.25, -0.2) is 0 Å². The monoisotopic (exact) mass is 199 g/mol. The van der Waals surface area contributed by atoms with E-state index in [-0.39, 0.29) is 6.04 Å². The van der Waals surface area contributed by atoms with E-state index in [2.05, 4.69) is 10.1 Å². The molecule has 0 aromatic rings. The molecule has 0 spiro atoms. The highest BCUT2D eigenvalue weighted by atomic mass is 19.4. The summed E-state index contributed by atoms with van der Waals surface area (Å²) in [6.45, 7) is 2.36. The lowest BCUT2D eigenvalue weighted by molar-refractivity contribution is -0.186. The van der Waals surface area contributed by atoms with Crippen molar-refractivity contribution in [1.29, 1.82) is 0 Å². The number of likely N-dealkylation sites (N-methyl/N-ethyl adjacent to an activating group) is 1. The average Bonchev–Trinajstić information content (AvgIpc) is 2.02. The van der Waals surface area contributed by atoms with Gasteiger partial charge in [0, 0.05) is 6.04 Å². The molecule has 0 radical (unpaired) electrons. The summed E-state index contributed by atoms with van der Waals surface area (Å²) in [7, 11) is 1.71. The lowest BCUT2D eigenvalue weighted by Gasteiger charge is -2.22.